The molecule has 0 saturated heterocycles. The van der Waals surface area contributed by atoms with Gasteiger partial charge in [0.25, 0.3) is 0 Å². The van der Waals surface area contributed by atoms with Crippen molar-refractivity contribution < 1.29 is 9.72 Å². The average Bonchev–Trinajstić information content (AvgIpc) is 2.46. The average molecular weight is 252 g/mol. The van der Waals surface area contributed by atoms with Gasteiger partial charge in [0.2, 0.25) is 5.88 Å². The van der Waals surface area contributed by atoms with Gasteiger partial charge in [-0.25, -0.2) is 4.98 Å². The minimum absolute atomic E-state index is 0.0428. The summed E-state index contributed by atoms with van der Waals surface area (Å²) in [5.74, 6) is 0.156. The number of nitrogens with two attached hydrogens (primary N) is 1. The fraction of sp³-hybridized carbons (Fsp3) is 0.0769. The summed E-state index contributed by atoms with van der Waals surface area (Å²) in [4.78, 5) is 6.80. The molecule has 2 rings (SSSR count). The molecule has 0 saturated carbocycles. The predicted octanol–water partition coefficient (Wildman–Crippen LogP) is 0.897. The Kier molecular flexibility index (Phi) is 3.26. The number of hydrogen-bond acceptors (Lipinski definition) is 5. The van der Waals surface area contributed by atoms with Gasteiger partial charge in [-0.15, -0.1) is 0 Å². The number of anilines is 1. The summed E-state index contributed by atoms with van der Waals surface area (Å²) in [6, 6.07) is 7.49. The number of nitrogens with one attached hydrogen (secondary N) is 1. The van der Waals surface area contributed by atoms with E-state index in [1.807, 2.05) is 12.1 Å². The maximum absolute atomic E-state index is 9.27. The lowest BCUT2D eigenvalue weighted by atomic mass is 9.97. The van der Waals surface area contributed by atoms with Gasteiger partial charge in [0, 0.05) is 17.7 Å². The number of nitrogens with zero attached hydrogens (tertiary/aromatic N) is 3. The van der Waals surface area contributed by atoms with Gasteiger partial charge in [-0.1, -0.05) is 0 Å². The number of aromatic amines is 1. The number of nitriles is 2. The summed E-state index contributed by atoms with van der Waals surface area (Å²) in [5, 5.41) is 18.5. The molecule has 19 heavy (non-hydrogen) atoms. The molecule has 2 aromatic rings. The molecule has 2 aromatic heterocycles. The highest BCUT2D eigenvalue weighted by Gasteiger charge is 2.20. The van der Waals surface area contributed by atoms with Gasteiger partial charge >= 0.3 is 0 Å². The van der Waals surface area contributed by atoms with Crippen molar-refractivity contribution in [2.75, 3.05) is 12.8 Å². The highest BCUT2D eigenvalue weighted by Crippen LogP contribution is 2.34. The Bertz CT molecular complexity index is 698. The first-order valence-electron chi connectivity index (χ1n) is 5.37. The van der Waals surface area contributed by atoms with E-state index in [-0.39, 0.29) is 22.8 Å². The molecule has 0 fully saturated rings. The summed E-state index contributed by atoms with van der Waals surface area (Å²) in [6.07, 6.45) is 3.39. The van der Waals surface area contributed by atoms with Crippen LogP contribution in [-0.2, 0) is 0 Å². The fourth-order valence-electron chi connectivity index (χ4n) is 1.79. The van der Waals surface area contributed by atoms with Crippen molar-refractivity contribution in [1.82, 2.24) is 4.98 Å². The monoisotopic (exact) mass is 252 g/mol. The highest BCUT2D eigenvalue weighted by molar-refractivity contribution is 5.81. The topological polar surface area (TPSA) is 110 Å². The van der Waals surface area contributed by atoms with Crippen molar-refractivity contribution in [3.63, 3.8) is 0 Å². The second kappa shape index (κ2) is 5.03. The van der Waals surface area contributed by atoms with Crippen LogP contribution in [-0.4, -0.2) is 12.1 Å². The molecular formula is C13H10N5O+. The molecular weight excluding hydrogens is 242 g/mol. The first kappa shape index (κ1) is 12.3. The summed E-state index contributed by atoms with van der Waals surface area (Å²) >= 11 is 0. The van der Waals surface area contributed by atoms with E-state index in [4.69, 9.17) is 10.5 Å². The molecule has 6 heteroatoms. The number of aromatic nitrogens is 2. The summed E-state index contributed by atoms with van der Waals surface area (Å²) in [5.41, 5.74) is 7.23. The third kappa shape index (κ3) is 2.03. The number of rotatable bonds is 2. The van der Waals surface area contributed by atoms with Crippen LogP contribution in [0.3, 0.4) is 0 Å². The molecule has 0 amide bonds. The van der Waals surface area contributed by atoms with Crippen LogP contribution in [0.5, 0.6) is 5.88 Å². The largest absolute Gasteiger partial charge is 0.480 e. The lowest BCUT2D eigenvalue weighted by molar-refractivity contribution is -0.377. The fourth-order valence-corrected chi connectivity index (χ4v) is 1.79. The van der Waals surface area contributed by atoms with Gasteiger partial charge in [0.1, 0.15) is 29.1 Å². The molecule has 6 nitrogen and oxygen atoms in total. The van der Waals surface area contributed by atoms with E-state index in [9.17, 15) is 10.5 Å². The zero-order chi connectivity index (χ0) is 13.8. The van der Waals surface area contributed by atoms with E-state index in [1.54, 1.807) is 24.5 Å². The molecule has 0 radical (unpaired) electrons. The van der Waals surface area contributed by atoms with Gasteiger partial charge < -0.3 is 10.5 Å². The van der Waals surface area contributed by atoms with Gasteiger partial charge in [-0.2, -0.15) is 15.5 Å². The van der Waals surface area contributed by atoms with Crippen molar-refractivity contribution in [3.8, 4) is 29.1 Å². The summed E-state index contributed by atoms with van der Waals surface area (Å²) in [6.45, 7) is 0. The molecule has 92 valence electrons. The second-order valence-corrected chi connectivity index (χ2v) is 3.64. The SMILES string of the molecule is COc1nc(N)c(C#N)c(-c2cc[nH+]cc2)c1C#N. The highest BCUT2D eigenvalue weighted by atomic mass is 16.5. The Morgan fingerprint density at radius 1 is 1.21 bits per heavy atom. The Morgan fingerprint density at radius 2 is 1.84 bits per heavy atom. The molecule has 0 aliphatic heterocycles. The Hall–Kier alpha value is -3.12. The van der Waals surface area contributed by atoms with Crippen LogP contribution in [0.25, 0.3) is 11.1 Å². The van der Waals surface area contributed by atoms with Crippen LogP contribution in [0.1, 0.15) is 11.1 Å². The van der Waals surface area contributed by atoms with Crippen LogP contribution in [0.4, 0.5) is 5.82 Å². The molecule has 0 spiro atoms. The lowest BCUT2D eigenvalue weighted by Gasteiger charge is -2.11. The van der Waals surface area contributed by atoms with Gasteiger partial charge in [-0.05, 0) is 5.56 Å². The van der Waals surface area contributed by atoms with Crippen LogP contribution in [0, 0.1) is 22.7 Å². The molecule has 0 atom stereocenters. The molecule has 0 unspecified atom stereocenters. The molecule has 0 aliphatic carbocycles. The smallest absolute Gasteiger partial charge is 0.234 e. The Labute approximate surface area is 109 Å². The van der Waals surface area contributed by atoms with Gasteiger partial charge in [0.15, 0.2) is 12.4 Å². The molecule has 2 heterocycles. The number of pyridine rings is 2. The minimum atomic E-state index is 0.0428. The predicted molar refractivity (Wildman–Crippen MR) is 66.6 cm³/mol. The normalized spacial score (nSPS) is 9.42. The van der Waals surface area contributed by atoms with E-state index in [0.717, 1.165) is 0 Å². The van der Waals surface area contributed by atoms with E-state index in [0.29, 0.717) is 11.1 Å². The number of H-pyrrole nitrogens is 1. The molecule has 0 aromatic carbocycles. The summed E-state index contributed by atoms with van der Waals surface area (Å²) in [7, 11) is 1.40. The molecule has 0 bridgehead atoms. The minimum Gasteiger partial charge on any atom is -0.480 e. The number of methoxy groups -OCH3 is 1. The standard InChI is InChI=1S/C13H9N5O/c1-19-13-10(7-15)11(8-2-4-17-5-3-8)9(6-14)12(16)18-13/h2-5H,1H3,(H2,16,18)/p+1. The molecule has 3 N–H and O–H groups in total. The van der Waals surface area contributed by atoms with Crippen LogP contribution < -0.4 is 15.5 Å². The van der Waals surface area contributed by atoms with E-state index < -0.39 is 0 Å². The first-order valence-corrected chi connectivity index (χ1v) is 5.37. The maximum atomic E-state index is 9.27. The third-order valence-corrected chi connectivity index (χ3v) is 2.62. The van der Waals surface area contributed by atoms with Gasteiger partial charge in [0.05, 0.1) is 7.11 Å². The maximum Gasteiger partial charge on any atom is 0.234 e. The van der Waals surface area contributed by atoms with Crippen molar-refractivity contribution in [3.05, 3.63) is 35.7 Å². The molecule has 0 aliphatic rings. The third-order valence-electron chi connectivity index (χ3n) is 2.62. The van der Waals surface area contributed by atoms with Gasteiger partial charge in [-0.3, -0.25) is 0 Å². The zero-order valence-corrected chi connectivity index (χ0v) is 10.1. The van der Waals surface area contributed by atoms with Crippen molar-refractivity contribution in [2.24, 2.45) is 0 Å². The lowest BCUT2D eigenvalue weighted by Crippen LogP contribution is -2.05. The van der Waals surface area contributed by atoms with Crippen molar-refractivity contribution in [1.29, 1.82) is 10.5 Å². The van der Waals surface area contributed by atoms with E-state index >= 15 is 0 Å². The van der Waals surface area contributed by atoms with Crippen LogP contribution in [0.15, 0.2) is 24.5 Å². The first-order chi connectivity index (χ1) is 9.22. The number of nitrogen functional groups attached to an aromatic ring is 1. The number of ether oxygens (including phenoxy) is 1. The van der Waals surface area contributed by atoms with Crippen LogP contribution >= 0.6 is 0 Å². The Balaban J connectivity index is 2.88. The van der Waals surface area contributed by atoms with Crippen LogP contribution in [0.2, 0.25) is 0 Å². The quantitative estimate of drug-likeness (QED) is 0.853. The second-order valence-electron chi connectivity index (χ2n) is 3.64. The number of hydrogen-bond donors (Lipinski definition) is 1. The van der Waals surface area contributed by atoms with E-state index in [1.165, 1.54) is 7.11 Å². The van der Waals surface area contributed by atoms with Crippen molar-refractivity contribution >= 4 is 5.82 Å². The zero-order valence-electron chi connectivity index (χ0n) is 10.1. The van der Waals surface area contributed by atoms with E-state index in [2.05, 4.69) is 9.97 Å². The summed E-state index contributed by atoms with van der Waals surface area (Å²) < 4.78 is 5.05. The van der Waals surface area contributed by atoms with Crippen molar-refractivity contribution in [2.45, 2.75) is 0 Å². The Morgan fingerprint density at radius 3 is 2.37 bits per heavy atom.